The molecule has 0 aromatic heterocycles. The zero-order chi connectivity index (χ0) is 34.9. The van der Waals surface area contributed by atoms with Gasteiger partial charge in [-0.3, -0.25) is 4.79 Å². The van der Waals surface area contributed by atoms with Crippen molar-refractivity contribution in [2.75, 3.05) is 159 Å². The largest absolute Gasteiger partial charge is 0.387 e. The first-order chi connectivity index (χ1) is 23.7. The van der Waals surface area contributed by atoms with Crippen LogP contribution < -0.4 is 16.0 Å². The molecule has 286 valence electrons. The lowest BCUT2D eigenvalue weighted by Crippen LogP contribution is -2.27. The van der Waals surface area contributed by atoms with Gasteiger partial charge in [-0.2, -0.15) is 0 Å². The summed E-state index contributed by atoms with van der Waals surface area (Å²) in [6, 6.07) is 0. The molecular weight excluding hydrogens is 626 g/mol. The second kappa shape index (κ2) is 41.7. The van der Waals surface area contributed by atoms with Crippen molar-refractivity contribution in [2.24, 2.45) is 0 Å². The molecule has 0 aromatic rings. The van der Waals surface area contributed by atoms with Crippen molar-refractivity contribution >= 4 is 5.91 Å². The first-order valence-electron chi connectivity index (χ1n) is 17.7. The maximum atomic E-state index is 11.8. The number of carbonyl (C=O) groups excluding carboxylic acids is 1. The minimum Gasteiger partial charge on any atom is -0.387 e. The number of hydrogen-bond acceptors (Lipinski definition) is 13. The van der Waals surface area contributed by atoms with E-state index in [1.165, 1.54) is 19.3 Å². The van der Waals surface area contributed by atoms with Gasteiger partial charge in [-0.15, -0.1) is 0 Å². The lowest BCUT2D eigenvalue weighted by atomic mass is 10.1. The van der Waals surface area contributed by atoms with E-state index in [4.69, 9.17) is 47.4 Å². The number of amides is 1. The van der Waals surface area contributed by atoms with Gasteiger partial charge < -0.3 is 63.3 Å². The Hall–Kier alpha value is -1.43. The van der Waals surface area contributed by atoms with Gasteiger partial charge in [-0.25, -0.2) is 0 Å². The Balaban J connectivity index is 3.10. The maximum Gasteiger partial charge on any atom is 0.220 e. The van der Waals surface area contributed by atoms with Gasteiger partial charge in [-0.05, 0) is 33.4 Å². The predicted molar refractivity (Wildman–Crippen MR) is 186 cm³/mol. The highest BCUT2D eigenvalue weighted by Crippen LogP contribution is 2.04. The Morgan fingerprint density at radius 3 is 1.04 bits per heavy atom. The third kappa shape index (κ3) is 42.6. The molecule has 0 unspecified atom stereocenters. The molecule has 48 heavy (non-hydrogen) atoms. The quantitative estimate of drug-likeness (QED) is 0.0801. The van der Waals surface area contributed by atoms with Crippen molar-refractivity contribution in [3.63, 3.8) is 0 Å². The second-order valence-electron chi connectivity index (χ2n) is 10.8. The molecule has 0 fully saturated rings. The zero-order valence-electron chi connectivity index (χ0n) is 30.2. The van der Waals surface area contributed by atoms with Crippen molar-refractivity contribution in [2.45, 2.75) is 45.4 Å². The van der Waals surface area contributed by atoms with E-state index in [1.807, 2.05) is 14.0 Å². The molecule has 14 heteroatoms. The van der Waals surface area contributed by atoms with Crippen LogP contribution in [0.2, 0.25) is 0 Å². The highest BCUT2D eigenvalue weighted by molar-refractivity contribution is 5.75. The second-order valence-corrected chi connectivity index (χ2v) is 10.8. The predicted octanol–water partition coefficient (Wildman–Crippen LogP) is 1.95. The van der Waals surface area contributed by atoms with Crippen LogP contribution in [-0.2, 0) is 52.2 Å². The minimum absolute atomic E-state index is 0.0974. The van der Waals surface area contributed by atoms with Gasteiger partial charge in [0.1, 0.15) is 0 Å². The van der Waals surface area contributed by atoms with Gasteiger partial charge in [0.2, 0.25) is 5.91 Å². The summed E-state index contributed by atoms with van der Waals surface area (Å²) in [5.41, 5.74) is 0.937. The summed E-state index contributed by atoms with van der Waals surface area (Å²) in [5.74, 6) is 0.0974. The molecule has 14 nitrogen and oxygen atoms in total. The van der Waals surface area contributed by atoms with Crippen molar-refractivity contribution in [3.8, 4) is 0 Å². The highest BCUT2D eigenvalue weighted by Gasteiger charge is 2.01. The fraction of sp³-hybridized carbons (Fsp3) is 0.912. The molecule has 0 radical (unpaired) electrons. The molecule has 3 N–H and O–H groups in total. The van der Waals surface area contributed by atoms with E-state index >= 15 is 0 Å². The SMILES string of the molecule is C=C(C)NCCOCCOCCOCCOCCOCCOCCOCCOCCOCCOCCNC(=O)CCCCCCCNC. The lowest BCUT2D eigenvalue weighted by molar-refractivity contribution is -0.121. The molecule has 0 aliphatic rings. The lowest BCUT2D eigenvalue weighted by Gasteiger charge is -2.09. The summed E-state index contributed by atoms with van der Waals surface area (Å²) in [7, 11) is 1.97. The van der Waals surface area contributed by atoms with Crippen molar-refractivity contribution < 1.29 is 52.2 Å². The fourth-order valence-corrected chi connectivity index (χ4v) is 3.89. The third-order valence-electron chi connectivity index (χ3n) is 6.42. The van der Waals surface area contributed by atoms with E-state index in [2.05, 4.69) is 22.5 Å². The minimum atomic E-state index is 0.0974. The van der Waals surface area contributed by atoms with Crippen LogP contribution in [0.25, 0.3) is 0 Å². The van der Waals surface area contributed by atoms with E-state index in [9.17, 15) is 4.79 Å². The maximum absolute atomic E-state index is 11.8. The normalized spacial score (nSPS) is 11.3. The van der Waals surface area contributed by atoms with E-state index in [-0.39, 0.29) is 5.91 Å². The van der Waals surface area contributed by atoms with Crippen LogP contribution in [0.1, 0.15) is 45.4 Å². The van der Waals surface area contributed by atoms with Gasteiger partial charge in [-0.1, -0.05) is 25.8 Å². The Morgan fingerprint density at radius 1 is 0.417 bits per heavy atom. The van der Waals surface area contributed by atoms with Crippen molar-refractivity contribution in [3.05, 3.63) is 12.3 Å². The number of hydrogen-bond donors (Lipinski definition) is 3. The van der Waals surface area contributed by atoms with E-state index < -0.39 is 0 Å². The summed E-state index contributed by atoms with van der Waals surface area (Å²) < 4.78 is 54.7. The summed E-state index contributed by atoms with van der Waals surface area (Å²) >= 11 is 0. The summed E-state index contributed by atoms with van der Waals surface area (Å²) in [5, 5.41) is 9.15. The van der Waals surface area contributed by atoms with Crippen LogP contribution in [0.15, 0.2) is 12.3 Å². The molecular formula is C34H69N3O11. The average Bonchev–Trinajstić information content (AvgIpc) is 3.08. The molecule has 0 spiro atoms. The van der Waals surface area contributed by atoms with E-state index in [1.54, 1.807) is 0 Å². The van der Waals surface area contributed by atoms with Crippen LogP contribution in [0.3, 0.4) is 0 Å². The molecule has 0 saturated carbocycles. The first-order valence-corrected chi connectivity index (χ1v) is 17.7. The zero-order valence-corrected chi connectivity index (χ0v) is 30.2. The van der Waals surface area contributed by atoms with Crippen LogP contribution in [0.4, 0.5) is 0 Å². The Bertz CT molecular complexity index is 666. The molecule has 0 aromatic carbocycles. The summed E-state index contributed by atoms with van der Waals surface area (Å²) in [6.07, 6.45) is 6.24. The van der Waals surface area contributed by atoms with E-state index in [0.717, 1.165) is 31.6 Å². The summed E-state index contributed by atoms with van der Waals surface area (Å²) in [6.45, 7) is 18.4. The van der Waals surface area contributed by atoms with Gasteiger partial charge in [0, 0.05) is 25.2 Å². The number of allylic oxidation sites excluding steroid dienone is 1. The Morgan fingerprint density at radius 2 is 0.708 bits per heavy atom. The topological polar surface area (TPSA) is 145 Å². The van der Waals surface area contributed by atoms with Gasteiger partial charge >= 0.3 is 0 Å². The summed E-state index contributed by atoms with van der Waals surface area (Å²) in [4.78, 5) is 11.8. The number of rotatable bonds is 42. The van der Waals surface area contributed by atoms with Crippen LogP contribution in [0, 0.1) is 0 Å². The smallest absolute Gasteiger partial charge is 0.220 e. The first kappa shape index (κ1) is 46.6. The van der Waals surface area contributed by atoms with E-state index in [0.29, 0.717) is 145 Å². The van der Waals surface area contributed by atoms with Crippen molar-refractivity contribution in [1.82, 2.24) is 16.0 Å². The molecule has 0 rings (SSSR count). The molecule has 0 aliphatic heterocycles. The average molecular weight is 696 g/mol. The van der Waals surface area contributed by atoms with Crippen LogP contribution in [-0.4, -0.2) is 165 Å². The Labute approximate surface area is 290 Å². The molecule has 0 aliphatic carbocycles. The number of carbonyl (C=O) groups is 1. The third-order valence-corrected chi connectivity index (χ3v) is 6.42. The number of unbranched alkanes of at least 4 members (excludes halogenated alkanes) is 4. The van der Waals surface area contributed by atoms with Crippen molar-refractivity contribution in [1.29, 1.82) is 0 Å². The number of ether oxygens (including phenoxy) is 10. The molecule has 0 heterocycles. The molecule has 0 atom stereocenters. The molecule has 1 amide bonds. The fourth-order valence-electron chi connectivity index (χ4n) is 3.89. The molecule has 0 bridgehead atoms. The number of nitrogens with one attached hydrogen (secondary N) is 3. The van der Waals surface area contributed by atoms with Crippen LogP contribution in [0.5, 0.6) is 0 Å². The standard InChI is InChI=1S/C34H69N3O11/c1-33(2)36-11-13-39-15-17-41-19-21-43-23-25-45-27-29-47-31-32-48-30-28-46-26-24-44-22-20-42-18-16-40-14-12-37-34(38)9-7-5-4-6-8-10-35-3/h35-36H,1,4-32H2,2-3H3,(H,37,38). The monoisotopic (exact) mass is 695 g/mol. The highest BCUT2D eigenvalue weighted by atomic mass is 16.6. The Kier molecular flexibility index (Phi) is 40.5. The van der Waals surface area contributed by atoms with Gasteiger partial charge in [0.25, 0.3) is 0 Å². The van der Waals surface area contributed by atoms with Gasteiger partial charge in [0.05, 0.1) is 132 Å². The van der Waals surface area contributed by atoms with Crippen LogP contribution >= 0.6 is 0 Å². The van der Waals surface area contributed by atoms with Gasteiger partial charge in [0.15, 0.2) is 0 Å². The molecule has 0 saturated heterocycles.